The second-order valence-electron chi connectivity index (χ2n) is 8.67. The Labute approximate surface area is 193 Å². The Kier molecular flexibility index (Phi) is 12.7. The normalized spacial score (nSPS) is 13.3. The van der Waals surface area contributed by atoms with E-state index in [0.717, 1.165) is 63.7 Å². The number of allylic oxidation sites excluding steroid dienone is 1. The van der Waals surface area contributed by atoms with Crippen molar-refractivity contribution < 1.29 is 9.59 Å². The first-order chi connectivity index (χ1) is 15.6. The first-order valence-corrected chi connectivity index (χ1v) is 12.5. The molecule has 8 heteroatoms. The average Bonchev–Trinajstić information content (AvgIpc) is 3.45. The van der Waals surface area contributed by atoms with Gasteiger partial charge >= 0.3 is 0 Å². The van der Waals surface area contributed by atoms with E-state index < -0.39 is 0 Å². The number of carbonyl (C=O) groups excluding carboxylic acids is 2. The fraction of sp³-hybridized carbons (Fsp3) is 0.750. The number of Topliss-reactive ketones (excluding diaryl/α,β-unsaturated/α-hetero) is 2. The number of hydrazine groups is 2. The molecule has 32 heavy (non-hydrogen) atoms. The molecule has 0 unspecified atom stereocenters. The largest absolute Gasteiger partial charge is 0.306 e. The van der Waals surface area contributed by atoms with Gasteiger partial charge in [0.25, 0.3) is 0 Å². The summed E-state index contributed by atoms with van der Waals surface area (Å²) >= 11 is 0. The molecule has 0 amide bonds. The van der Waals surface area contributed by atoms with Gasteiger partial charge in [-0.3, -0.25) is 19.3 Å². The summed E-state index contributed by atoms with van der Waals surface area (Å²) in [6.45, 7) is 5.61. The van der Waals surface area contributed by atoms with Crippen LogP contribution in [0.2, 0.25) is 0 Å². The van der Waals surface area contributed by atoms with Crippen LogP contribution in [0, 0.1) is 0 Å². The van der Waals surface area contributed by atoms with Gasteiger partial charge in [-0.1, -0.05) is 31.9 Å². The summed E-state index contributed by atoms with van der Waals surface area (Å²) in [6.07, 6.45) is 17.5. The summed E-state index contributed by atoms with van der Waals surface area (Å²) in [6, 6.07) is 0. The molecule has 0 saturated heterocycles. The lowest BCUT2D eigenvalue weighted by atomic mass is 10.1. The number of hydrogen-bond donors (Lipinski definition) is 2. The molecule has 0 aromatic carbocycles. The van der Waals surface area contributed by atoms with Crippen molar-refractivity contribution >= 4 is 11.6 Å². The zero-order valence-corrected chi connectivity index (χ0v) is 20.1. The first kappa shape index (κ1) is 26.0. The molecule has 1 aromatic rings. The maximum atomic E-state index is 11.3. The highest BCUT2D eigenvalue weighted by Gasteiger charge is 2.10. The molecule has 2 N–H and O–H groups in total. The molecule has 0 atom stereocenters. The molecule has 0 bridgehead atoms. The second-order valence-corrected chi connectivity index (χ2v) is 8.67. The van der Waals surface area contributed by atoms with E-state index in [1.807, 2.05) is 24.7 Å². The predicted octanol–water partition coefficient (Wildman–Crippen LogP) is 4.24. The summed E-state index contributed by atoms with van der Waals surface area (Å²) in [5, 5.41) is 10.6. The molecule has 1 aliphatic heterocycles. The highest BCUT2D eigenvalue weighted by molar-refractivity contribution is 5.78. The maximum absolute atomic E-state index is 11.3. The first-order valence-electron chi connectivity index (χ1n) is 12.5. The Hall–Kier alpha value is -2.22. The van der Waals surface area contributed by atoms with Crippen molar-refractivity contribution in [2.75, 3.05) is 6.54 Å². The van der Waals surface area contributed by atoms with E-state index in [9.17, 15) is 9.59 Å². The van der Waals surface area contributed by atoms with Crippen molar-refractivity contribution in [1.29, 1.82) is 0 Å². The third-order valence-electron chi connectivity index (χ3n) is 5.87. The van der Waals surface area contributed by atoms with Gasteiger partial charge in [0.05, 0.1) is 5.69 Å². The van der Waals surface area contributed by atoms with Crippen LogP contribution in [0.5, 0.6) is 0 Å². The lowest BCUT2D eigenvalue weighted by Gasteiger charge is -2.14. The zero-order valence-electron chi connectivity index (χ0n) is 20.1. The van der Waals surface area contributed by atoms with Crippen LogP contribution in [0.15, 0.2) is 18.1 Å². The maximum Gasteiger partial charge on any atom is 0.132 e. The highest BCUT2D eigenvalue weighted by atomic mass is 16.1. The van der Waals surface area contributed by atoms with E-state index in [2.05, 4.69) is 32.5 Å². The van der Waals surface area contributed by atoms with Crippen molar-refractivity contribution in [3.8, 4) is 0 Å². The number of hydrogen-bond acceptors (Lipinski definition) is 7. The minimum Gasteiger partial charge on any atom is -0.306 e. The summed E-state index contributed by atoms with van der Waals surface area (Å²) < 4.78 is 1.91. The summed E-state index contributed by atoms with van der Waals surface area (Å²) in [5.41, 5.74) is 8.73. The van der Waals surface area contributed by atoms with Crippen molar-refractivity contribution in [2.45, 2.75) is 110 Å². The quantitative estimate of drug-likeness (QED) is 0.307. The van der Waals surface area contributed by atoms with E-state index >= 15 is 0 Å². The van der Waals surface area contributed by atoms with Crippen LogP contribution in [-0.4, -0.2) is 38.1 Å². The van der Waals surface area contributed by atoms with Gasteiger partial charge in [-0.2, -0.15) is 0 Å². The molecule has 1 aliphatic rings. The number of unbranched alkanes of at least 4 members (excludes halogenated alkanes) is 5. The van der Waals surface area contributed by atoms with Crippen LogP contribution in [-0.2, 0) is 22.6 Å². The van der Waals surface area contributed by atoms with E-state index in [4.69, 9.17) is 0 Å². The Morgan fingerprint density at radius 2 is 1.50 bits per heavy atom. The van der Waals surface area contributed by atoms with Gasteiger partial charge in [0.1, 0.15) is 11.6 Å². The summed E-state index contributed by atoms with van der Waals surface area (Å²) in [4.78, 5) is 22.7. The second kappa shape index (κ2) is 15.6. The molecule has 1 aromatic heterocycles. The van der Waals surface area contributed by atoms with Crippen LogP contribution >= 0.6 is 0 Å². The van der Waals surface area contributed by atoms with Crippen LogP contribution in [0.3, 0.4) is 0 Å². The number of aromatic nitrogens is 3. The molecule has 2 rings (SSSR count). The van der Waals surface area contributed by atoms with Gasteiger partial charge < -0.3 is 5.43 Å². The molecule has 8 nitrogen and oxygen atoms in total. The molecule has 0 spiro atoms. The molecule has 0 aliphatic carbocycles. The number of nitrogens with zero attached hydrogens (tertiary/aromatic N) is 4. The van der Waals surface area contributed by atoms with Crippen LogP contribution in [0.4, 0.5) is 0 Å². The minimum atomic E-state index is 0.342. The predicted molar refractivity (Wildman–Crippen MR) is 126 cm³/mol. The van der Waals surface area contributed by atoms with Crippen LogP contribution in [0.25, 0.3) is 0 Å². The monoisotopic (exact) mass is 446 g/mol. The number of rotatable bonds is 19. The van der Waals surface area contributed by atoms with Crippen LogP contribution in [0.1, 0.15) is 103 Å². The number of carbonyl (C=O) groups is 2. The van der Waals surface area contributed by atoms with Gasteiger partial charge in [0, 0.05) is 56.9 Å². The third kappa shape index (κ3) is 10.9. The topological polar surface area (TPSA) is 92.2 Å². The zero-order chi connectivity index (χ0) is 23.0. The van der Waals surface area contributed by atoms with E-state index in [1.165, 1.54) is 25.0 Å². The minimum absolute atomic E-state index is 0.342. The standard InChI is InChI=1S/C24H42N6O2/c1-3-23(31)15-9-11-17-29-19-21(25-27-29)13-7-5-6-8-14-22-20-30(28-26-22)18-12-10-16-24(32)4-2/h19-20,25,27H,3-18H2,1-2H3. The fourth-order valence-electron chi connectivity index (χ4n) is 3.74. The van der Waals surface area contributed by atoms with Gasteiger partial charge in [-0.05, 0) is 51.4 Å². The Morgan fingerprint density at radius 3 is 2.19 bits per heavy atom. The van der Waals surface area contributed by atoms with Gasteiger partial charge in [0.15, 0.2) is 0 Å². The van der Waals surface area contributed by atoms with Gasteiger partial charge in [-0.25, -0.2) is 0 Å². The lowest BCUT2D eigenvalue weighted by molar-refractivity contribution is -0.119. The lowest BCUT2D eigenvalue weighted by Crippen LogP contribution is -2.36. The van der Waals surface area contributed by atoms with Crippen molar-refractivity contribution in [2.24, 2.45) is 0 Å². The summed E-state index contributed by atoms with van der Waals surface area (Å²) in [7, 11) is 0. The van der Waals surface area contributed by atoms with E-state index in [0.29, 0.717) is 37.2 Å². The third-order valence-corrected chi connectivity index (χ3v) is 5.87. The molecule has 180 valence electrons. The molecular formula is C24H42N6O2. The smallest absolute Gasteiger partial charge is 0.132 e. The van der Waals surface area contributed by atoms with Crippen molar-refractivity contribution in [1.82, 2.24) is 31.0 Å². The number of aryl methyl sites for hydroxylation is 2. The Bertz CT molecular complexity index is 715. The Morgan fingerprint density at radius 1 is 0.844 bits per heavy atom. The molecule has 0 fully saturated rings. The van der Waals surface area contributed by atoms with Crippen molar-refractivity contribution in [3.63, 3.8) is 0 Å². The van der Waals surface area contributed by atoms with Crippen molar-refractivity contribution in [3.05, 3.63) is 23.8 Å². The SMILES string of the molecule is CCC(=O)CCCCN1C=C(CCCCCCc2cn(CCCCC(=O)CC)nn2)NN1. The molecule has 2 heterocycles. The number of nitrogens with one attached hydrogen (secondary N) is 2. The Balaban J connectivity index is 1.47. The molecule has 0 saturated carbocycles. The number of ketones is 2. The average molecular weight is 447 g/mol. The highest BCUT2D eigenvalue weighted by Crippen LogP contribution is 2.13. The van der Waals surface area contributed by atoms with Crippen LogP contribution < -0.4 is 11.0 Å². The van der Waals surface area contributed by atoms with Gasteiger partial charge in [0.2, 0.25) is 0 Å². The summed E-state index contributed by atoms with van der Waals surface area (Å²) in [5.74, 6) is 0.698. The molecule has 0 radical (unpaired) electrons. The molecular weight excluding hydrogens is 404 g/mol. The van der Waals surface area contributed by atoms with Gasteiger partial charge in [-0.15, -0.1) is 10.6 Å². The van der Waals surface area contributed by atoms with E-state index in [1.54, 1.807) is 0 Å². The fourth-order valence-corrected chi connectivity index (χ4v) is 3.74. The van der Waals surface area contributed by atoms with E-state index in [-0.39, 0.29) is 0 Å².